The van der Waals surface area contributed by atoms with E-state index in [9.17, 15) is 5.11 Å². The summed E-state index contributed by atoms with van der Waals surface area (Å²) in [4.78, 5) is 5.14. The van der Waals surface area contributed by atoms with Crippen LogP contribution in [0.1, 0.15) is 13.8 Å². The van der Waals surface area contributed by atoms with E-state index in [4.69, 9.17) is 4.84 Å². The molecule has 3 heteroatoms. The number of hydrogen-bond acceptors (Lipinski definition) is 3. The fourth-order valence-electron chi connectivity index (χ4n) is 0.793. The zero-order valence-electron chi connectivity index (χ0n) is 7.32. The first-order valence-electron chi connectivity index (χ1n) is 3.73. The minimum Gasteiger partial charge on any atom is -0.364 e. The molecule has 1 heterocycles. The molecule has 0 aliphatic carbocycles. The Labute approximate surface area is 72.2 Å². The van der Waals surface area contributed by atoms with Gasteiger partial charge in [0, 0.05) is 6.20 Å². The topological polar surface area (TPSA) is 32.7 Å². The Morgan fingerprint density at radius 1 is 1.50 bits per heavy atom. The van der Waals surface area contributed by atoms with Crippen LogP contribution in [0.25, 0.3) is 0 Å². The first kappa shape index (κ1) is 9.03. The van der Waals surface area contributed by atoms with Gasteiger partial charge in [-0.2, -0.15) is 0 Å². The third kappa shape index (κ3) is 2.53. The number of nitrogens with zero attached hydrogens (tertiary/aromatic N) is 1. The average molecular weight is 167 g/mol. The lowest BCUT2D eigenvalue weighted by Crippen LogP contribution is -2.32. The lowest BCUT2D eigenvalue weighted by atomic mass is 10.3. The van der Waals surface area contributed by atoms with E-state index in [0.29, 0.717) is 5.70 Å². The largest absolute Gasteiger partial charge is 0.364 e. The van der Waals surface area contributed by atoms with Gasteiger partial charge >= 0.3 is 0 Å². The molecule has 12 heavy (non-hydrogen) atoms. The summed E-state index contributed by atoms with van der Waals surface area (Å²) in [6, 6.07) is 0. The summed E-state index contributed by atoms with van der Waals surface area (Å²) >= 11 is 0. The van der Waals surface area contributed by atoms with Gasteiger partial charge in [-0.05, 0) is 26.0 Å². The van der Waals surface area contributed by atoms with Crippen LogP contribution in [0.4, 0.5) is 0 Å². The van der Waals surface area contributed by atoms with Crippen molar-refractivity contribution >= 4 is 0 Å². The Bertz CT molecular complexity index is 235. The van der Waals surface area contributed by atoms with E-state index in [-0.39, 0.29) is 0 Å². The van der Waals surface area contributed by atoms with Crippen molar-refractivity contribution in [2.45, 2.75) is 19.6 Å². The quantitative estimate of drug-likeness (QED) is 0.633. The monoisotopic (exact) mass is 167 g/mol. The van der Waals surface area contributed by atoms with Gasteiger partial charge in [0.15, 0.2) is 5.79 Å². The lowest BCUT2D eigenvalue weighted by molar-refractivity contribution is -0.279. The third-order valence-corrected chi connectivity index (χ3v) is 1.23. The molecule has 0 bridgehead atoms. The van der Waals surface area contributed by atoms with Crippen LogP contribution in [0.3, 0.4) is 0 Å². The van der Waals surface area contributed by atoms with Crippen LogP contribution >= 0.6 is 0 Å². The second-order valence-corrected chi connectivity index (χ2v) is 3.06. The summed E-state index contributed by atoms with van der Waals surface area (Å²) < 4.78 is 0. The van der Waals surface area contributed by atoms with Crippen molar-refractivity contribution < 1.29 is 9.94 Å². The molecule has 0 aromatic rings. The molecule has 3 nitrogen and oxygen atoms in total. The summed E-state index contributed by atoms with van der Waals surface area (Å²) in [6.45, 7) is 6.86. The highest BCUT2D eigenvalue weighted by molar-refractivity contribution is 5.23. The Balaban J connectivity index is 2.59. The van der Waals surface area contributed by atoms with Crippen molar-refractivity contribution in [1.29, 1.82) is 0 Å². The molecule has 0 amide bonds. The molecule has 0 spiro atoms. The molecule has 0 aromatic carbocycles. The van der Waals surface area contributed by atoms with Crippen LogP contribution in [0, 0.1) is 0 Å². The molecule has 0 unspecified atom stereocenters. The van der Waals surface area contributed by atoms with E-state index in [1.165, 1.54) is 5.06 Å². The molecule has 0 aromatic heterocycles. The van der Waals surface area contributed by atoms with E-state index in [2.05, 4.69) is 6.58 Å². The highest BCUT2D eigenvalue weighted by atomic mass is 16.8. The first-order valence-corrected chi connectivity index (χ1v) is 3.73. The van der Waals surface area contributed by atoms with Gasteiger partial charge in [-0.25, -0.2) is 9.90 Å². The minimum atomic E-state index is -1.18. The summed E-state index contributed by atoms with van der Waals surface area (Å²) in [5.41, 5.74) is 0.694. The maximum atomic E-state index is 9.32. The van der Waals surface area contributed by atoms with Crippen LogP contribution in [0.15, 0.2) is 36.7 Å². The van der Waals surface area contributed by atoms with E-state index in [1.54, 1.807) is 32.2 Å². The van der Waals surface area contributed by atoms with Crippen molar-refractivity contribution in [3.8, 4) is 0 Å². The van der Waals surface area contributed by atoms with Crippen molar-refractivity contribution in [2.24, 2.45) is 0 Å². The lowest BCUT2D eigenvalue weighted by Gasteiger charge is -2.28. The summed E-state index contributed by atoms with van der Waals surface area (Å²) in [6.07, 6.45) is 7.15. The maximum Gasteiger partial charge on any atom is 0.186 e. The molecule has 0 saturated heterocycles. The zero-order chi connectivity index (χ0) is 9.19. The fraction of sp³-hybridized carbons (Fsp3) is 0.333. The van der Waals surface area contributed by atoms with Crippen molar-refractivity contribution in [2.75, 3.05) is 0 Å². The second kappa shape index (κ2) is 3.13. The number of aliphatic hydroxyl groups is 1. The normalized spacial score (nSPS) is 17.2. The van der Waals surface area contributed by atoms with Crippen LogP contribution in [0.2, 0.25) is 0 Å². The SMILES string of the molecule is C=C1C=CC=CN1OC(C)(C)O. The molecule has 1 aliphatic heterocycles. The van der Waals surface area contributed by atoms with Crippen LogP contribution in [-0.4, -0.2) is 16.0 Å². The number of hydrogen-bond donors (Lipinski definition) is 1. The van der Waals surface area contributed by atoms with Crippen molar-refractivity contribution in [1.82, 2.24) is 5.06 Å². The van der Waals surface area contributed by atoms with Crippen molar-refractivity contribution in [3.63, 3.8) is 0 Å². The Kier molecular flexibility index (Phi) is 2.35. The Morgan fingerprint density at radius 2 is 2.17 bits per heavy atom. The van der Waals surface area contributed by atoms with Crippen LogP contribution in [-0.2, 0) is 4.84 Å². The van der Waals surface area contributed by atoms with Crippen molar-refractivity contribution in [3.05, 3.63) is 36.7 Å². The average Bonchev–Trinajstić information content (AvgIpc) is 1.91. The summed E-state index contributed by atoms with van der Waals surface area (Å²) in [7, 11) is 0. The van der Waals surface area contributed by atoms with Gasteiger partial charge in [0.05, 0.1) is 5.70 Å². The number of hydroxylamine groups is 2. The Hall–Kier alpha value is -1.06. The molecule has 0 atom stereocenters. The van der Waals surface area contributed by atoms with Gasteiger partial charge in [0.1, 0.15) is 0 Å². The predicted molar refractivity (Wildman–Crippen MR) is 46.6 cm³/mol. The van der Waals surface area contributed by atoms with Crippen LogP contribution in [0.5, 0.6) is 0 Å². The molecule has 0 fully saturated rings. The molecular weight excluding hydrogens is 154 g/mol. The molecule has 66 valence electrons. The van der Waals surface area contributed by atoms with E-state index in [0.717, 1.165) is 0 Å². The highest BCUT2D eigenvalue weighted by Gasteiger charge is 2.18. The molecule has 1 N–H and O–H groups in total. The number of rotatable bonds is 2. The fourth-order valence-corrected chi connectivity index (χ4v) is 0.793. The summed E-state index contributed by atoms with van der Waals surface area (Å²) in [5.74, 6) is -1.18. The van der Waals surface area contributed by atoms with Gasteiger partial charge in [-0.3, -0.25) is 0 Å². The molecule has 0 saturated carbocycles. The molecule has 1 aliphatic rings. The maximum absolute atomic E-state index is 9.32. The first-order chi connectivity index (χ1) is 5.49. The molecule has 0 radical (unpaired) electrons. The van der Waals surface area contributed by atoms with Crippen LogP contribution < -0.4 is 0 Å². The van der Waals surface area contributed by atoms with Gasteiger partial charge in [0.2, 0.25) is 0 Å². The highest BCUT2D eigenvalue weighted by Crippen LogP contribution is 2.16. The van der Waals surface area contributed by atoms with Gasteiger partial charge in [0.25, 0.3) is 0 Å². The predicted octanol–water partition coefficient (Wildman–Crippen LogP) is 1.55. The van der Waals surface area contributed by atoms with E-state index in [1.807, 2.05) is 6.08 Å². The standard InChI is InChI=1S/C9H13NO2/c1-8-6-4-5-7-10(8)12-9(2,3)11/h4-7,11H,1H2,2-3H3. The van der Waals surface area contributed by atoms with E-state index >= 15 is 0 Å². The van der Waals surface area contributed by atoms with E-state index < -0.39 is 5.79 Å². The third-order valence-electron chi connectivity index (χ3n) is 1.23. The number of allylic oxidation sites excluding steroid dienone is 3. The zero-order valence-corrected chi connectivity index (χ0v) is 7.32. The van der Waals surface area contributed by atoms with Gasteiger partial charge in [-0.15, -0.1) is 0 Å². The van der Waals surface area contributed by atoms with Gasteiger partial charge in [-0.1, -0.05) is 12.7 Å². The molecule has 1 rings (SSSR count). The second-order valence-electron chi connectivity index (χ2n) is 3.06. The molecular formula is C9H13NO2. The Morgan fingerprint density at radius 3 is 2.67 bits per heavy atom. The van der Waals surface area contributed by atoms with Gasteiger partial charge < -0.3 is 5.11 Å². The summed E-state index contributed by atoms with van der Waals surface area (Å²) in [5, 5.41) is 10.8. The smallest absolute Gasteiger partial charge is 0.186 e. The minimum absolute atomic E-state index is 0.694.